The largest absolute Gasteiger partial charge is 0.488 e. The molecule has 0 fully saturated rings. The van der Waals surface area contributed by atoms with Gasteiger partial charge in [0.2, 0.25) is 0 Å². The highest BCUT2D eigenvalue weighted by atomic mass is 16.5. The molecule has 8 heteroatoms. The third kappa shape index (κ3) is 8.18. The smallest absolute Gasteiger partial charge is 0.344 e. The molecular weight excluding hydrogens is 717 g/mol. The van der Waals surface area contributed by atoms with Gasteiger partial charge in [-0.3, -0.25) is 0 Å². The van der Waals surface area contributed by atoms with Gasteiger partial charge in [-0.1, -0.05) is 38.1 Å². The molecule has 2 heterocycles. The van der Waals surface area contributed by atoms with E-state index in [9.17, 15) is 9.59 Å². The molecule has 0 saturated carbocycles. The van der Waals surface area contributed by atoms with Crippen molar-refractivity contribution in [2.45, 2.75) is 125 Å². The third-order valence-electron chi connectivity index (χ3n) is 9.56. The number of fused-ring (bicyclic) bond motifs is 5. The Morgan fingerprint density at radius 1 is 0.439 bits per heavy atom. The van der Waals surface area contributed by atoms with E-state index < -0.39 is 39.1 Å². The molecule has 0 spiro atoms. The van der Waals surface area contributed by atoms with E-state index in [1.807, 2.05) is 119 Å². The van der Waals surface area contributed by atoms with Crippen molar-refractivity contribution < 1.29 is 27.8 Å². The van der Waals surface area contributed by atoms with Gasteiger partial charge in [-0.2, -0.15) is 0 Å². The summed E-state index contributed by atoms with van der Waals surface area (Å²) in [5, 5.41) is 1.35. The van der Waals surface area contributed by atoms with Crippen LogP contribution in [0.2, 0.25) is 0 Å². The summed E-state index contributed by atoms with van der Waals surface area (Å²) in [5.41, 5.74) is 4.05. The SMILES string of the molecule is CC(C)(C)Oc1cc(OC(C)(C)C)c2cc(-c3ccc4c(c3)C(C)(C)c3cc(-c5cc6c(OC(C)(C)C)cc(OC(C)(C)C)cc6oc5=O)ccc3-4)c(=O)oc2c1. The third-order valence-corrected chi connectivity index (χ3v) is 9.56. The molecule has 1 aliphatic carbocycles. The molecule has 0 saturated heterocycles. The molecule has 7 rings (SSSR count). The summed E-state index contributed by atoms with van der Waals surface area (Å²) in [7, 11) is 0. The Balaban J connectivity index is 1.30. The van der Waals surface area contributed by atoms with Crippen molar-refractivity contribution in [3.05, 3.63) is 105 Å². The summed E-state index contributed by atoms with van der Waals surface area (Å²) < 4.78 is 37.1. The highest BCUT2D eigenvalue weighted by molar-refractivity contribution is 5.92. The Bertz CT molecular complexity index is 2500. The average Bonchev–Trinajstić information content (AvgIpc) is 3.26. The van der Waals surface area contributed by atoms with Crippen LogP contribution < -0.4 is 30.2 Å². The molecule has 2 aromatic heterocycles. The topological polar surface area (TPSA) is 97.3 Å². The van der Waals surface area contributed by atoms with Gasteiger partial charge in [-0.05, 0) is 141 Å². The van der Waals surface area contributed by atoms with Gasteiger partial charge in [0.05, 0.1) is 21.9 Å². The van der Waals surface area contributed by atoms with Crippen molar-refractivity contribution in [3.63, 3.8) is 0 Å². The average molecular weight is 771 g/mol. The van der Waals surface area contributed by atoms with Crippen LogP contribution in [-0.4, -0.2) is 22.4 Å². The van der Waals surface area contributed by atoms with Crippen LogP contribution in [0.3, 0.4) is 0 Å². The maximum Gasteiger partial charge on any atom is 0.344 e. The van der Waals surface area contributed by atoms with Crippen molar-refractivity contribution in [3.8, 4) is 56.4 Å². The van der Waals surface area contributed by atoms with Crippen LogP contribution in [0.25, 0.3) is 55.3 Å². The predicted octanol–water partition coefficient (Wildman–Crippen LogP) is 12.2. The van der Waals surface area contributed by atoms with Crippen LogP contribution in [0, 0.1) is 0 Å². The zero-order valence-electron chi connectivity index (χ0n) is 35.7. The van der Waals surface area contributed by atoms with Gasteiger partial charge in [0.25, 0.3) is 0 Å². The molecule has 0 unspecified atom stereocenters. The zero-order valence-corrected chi connectivity index (χ0v) is 35.7. The highest BCUT2D eigenvalue weighted by Gasteiger charge is 2.36. The summed E-state index contributed by atoms with van der Waals surface area (Å²) in [6.45, 7) is 28.0. The molecule has 298 valence electrons. The van der Waals surface area contributed by atoms with Gasteiger partial charge in [-0.25, -0.2) is 9.59 Å². The summed E-state index contributed by atoms with van der Waals surface area (Å²) in [4.78, 5) is 27.4. The molecule has 6 aromatic rings. The second-order valence-corrected chi connectivity index (χ2v) is 19.6. The number of hydrogen-bond acceptors (Lipinski definition) is 8. The Labute approximate surface area is 334 Å². The van der Waals surface area contributed by atoms with Gasteiger partial charge in [0.15, 0.2) is 0 Å². The fourth-order valence-electron chi connectivity index (χ4n) is 7.45. The first-order valence-electron chi connectivity index (χ1n) is 19.5. The molecule has 0 N–H and O–H groups in total. The standard InChI is InChI=1S/C49H54O8/c1-45(2,3)54-29-21-39-35(41(23-29)56-47(7,8)9)25-33(43(50)52-39)27-15-17-31-32-18-16-28(20-38(32)49(13,14)37(31)19-27)34-26-36-40(53-44(34)51)22-30(55-46(4,5)6)24-42(36)57-48(10,11)12/h15-26H,1-14H3. The molecule has 0 atom stereocenters. The monoisotopic (exact) mass is 770 g/mol. The molecule has 8 nitrogen and oxygen atoms in total. The predicted molar refractivity (Wildman–Crippen MR) is 228 cm³/mol. The number of ether oxygens (including phenoxy) is 4. The zero-order chi connectivity index (χ0) is 41.6. The summed E-state index contributed by atoms with van der Waals surface area (Å²) in [5.74, 6) is 2.25. The van der Waals surface area contributed by atoms with Crippen LogP contribution >= 0.6 is 0 Å². The summed E-state index contributed by atoms with van der Waals surface area (Å²) in [6.07, 6.45) is 0. The minimum absolute atomic E-state index is 0.389. The van der Waals surface area contributed by atoms with Crippen molar-refractivity contribution in [2.24, 2.45) is 0 Å². The molecular formula is C49H54O8. The van der Waals surface area contributed by atoms with Crippen molar-refractivity contribution in [2.75, 3.05) is 0 Å². The van der Waals surface area contributed by atoms with E-state index in [0.717, 1.165) is 33.4 Å². The fraction of sp³-hybridized carbons (Fsp3) is 0.388. The normalized spacial score (nSPS) is 14.1. The molecule has 0 aliphatic heterocycles. The van der Waals surface area contributed by atoms with Crippen LogP contribution in [0.5, 0.6) is 23.0 Å². The summed E-state index contributed by atoms with van der Waals surface area (Å²) in [6, 6.07) is 23.1. The van der Waals surface area contributed by atoms with E-state index >= 15 is 0 Å². The lowest BCUT2D eigenvalue weighted by Gasteiger charge is -2.25. The lowest BCUT2D eigenvalue weighted by atomic mass is 9.81. The van der Waals surface area contributed by atoms with E-state index in [1.165, 1.54) is 0 Å². The van der Waals surface area contributed by atoms with E-state index in [4.69, 9.17) is 27.8 Å². The van der Waals surface area contributed by atoms with Crippen molar-refractivity contribution in [1.29, 1.82) is 0 Å². The van der Waals surface area contributed by atoms with Gasteiger partial charge in [-0.15, -0.1) is 0 Å². The lowest BCUT2D eigenvalue weighted by molar-refractivity contribution is 0.121. The summed E-state index contributed by atoms with van der Waals surface area (Å²) >= 11 is 0. The second kappa shape index (κ2) is 13.3. The minimum atomic E-state index is -0.507. The lowest BCUT2D eigenvalue weighted by Crippen LogP contribution is -2.24. The van der Waals surface area contributed by atoms with E-state index in [0.29, 0.717) is 56.1 Å². The molecule has 0 bridgehead atoms. The van der Waals surface area contributed by atoms with Crippen LogP contribution in [0.15, 0.2) is 91.2 Å². The van der Waals surface area contributed by atoms with Crippen molar-refractivity contribution >= 4 is 21.9 Å². The van der Waals surface area contributed by atoms with E-state index in [1.54, 1.807) is 12.1 Å². The van der Waals surface area contributed by atoms with E-state index in [-0.39, 0.29) is 0 Å². The highest BCUT2D eigenvalue weighted by Crippen LogP contribution is 2.51. The fourth-order valence-corrected chi connectivity index (χ4v) is 7.45. The van der Waals surface area contributed by atoms with Crippen LogP contribution in [-0.2, 0) is 5.41 Å². The first-order valence-corrected chi connectivity index (χ1v) is 19.5. The Morgan fingerprint density at radius 2 is 0.789 bits per heavy atom. The van der Waals surface area contributed by atoms with Gasteiger partial charge >= 0.3 is 11.3 Å². The maximum atomic E-state index is 13.7. The second-order valence-electron chi connectivity index (χ2n) is 19.6. The minimum Gasteiger partial charge on any atom is -0.488 e. The molecule has 4 aromatic carbocycles. The molecule has 0 amide bonds. The van der Waals surface area contributed by atoms with Gasteiger partial charge in [0, 0.05) is 29.7 Å². The molecule has 0 radical (unpaired) electrons. The Kier molecular flexibility index (Phi) is 9.26. The molecule has 1 aliphatic rings. The number of rotatable bonds is 6. The number of hydrogen-bond donors (Lipinski definition) is 0. The van der Waals surface area contributed by atoms with Crippen molar-refractivity contribution in [1.82, 2.24) is 0 Å². The number of benzene rings is 4. The quantitative estimate of drug-likeness (QED) is 0.154. The van der Waals surface area contributed by atoms with Gasteiger partial charge in [0.1, 0.15) is 56.6 Å². The van der Waals surface area contributed by atoms with Gasteiger partial charge < -0.3 is 27.8 Å². The van der Waals surface area contributed by atoms with E-state index in [2.05, 4.69) is 38.1 Å². The Hall–Kier alpha value is -5.50. The first-order chi connectivity index (χ1) is 26.2. The Morgan fingerprint density at radius 3 is 1.12 bits per heavy atom. The van der Waals surface area contributed by atoms with Crippen LogP contribution in [0.1, 0.15) is 108 Å². The van der Waals surface area contributed by atoms with Crippen LogP contribution in [0.4, 0.5) is 0 Å². The molecule has 57 heavy (non-hydrogen) atoms. The maximum absolute atomic E-state index is 13.7. The first kappa shape index (κ1) is 39.7.